The second-order valence-corrected chi connectivity index (χ2v) is 3.65. The van der Waals surface area contributed by atoms with E-state index in [-0.39, 0.29) is 11.7 Å². The normalized spacial score (nSPS) is 16.2. The highest BCUT2D eigenvalue weighted by molar-refractivity contribution is 5.97. The number of rotatable bonds is 1. The van der Waals surface area contributed by atoms with Crippen LogP contribution in [0.2, 0.25) is 0 Å². The van der Waals surface area contributed by atoms with Gasteiger partial charge in [-0.15, -0.1) is 0 Å². The molecule has 0 saturated carbocycles. The molecule has 92 valence electrons. The minimum absolute atomic E-state index is 0.0584. The van der Waals surface area contributed by atoms with Gasteiger partial charge in [0.05, 0.1) is 16.9 Å². The van der Waals surface area contributed by atoms with Crippen molar-refractivity contribution in [2.24, 2.45) is 0 Å². The predicted molar refractivity (Wildman–Crippen MR) is 56.6 cm³/mol. The van der Waals surface area contributed by atoms with Crippen LogP contribution in [0, 0.1) is 0 Å². The van der Waals surface area contributed by atoms with Gasteiger partial charge >= 0.3 is 12.2 Å². The highest BCUT2D eigenvalue weighted by atomic mass is 19.4. The number of nitrogens with two attached hydrogens (primary N) is 1. The summed E-state index contributed by atoms with van der Waals surface area (Å²) in [6, 6.07) is 2.61. The fourth-order valence-electron chi connectivity index (χ4n) is 1.68. The molecule has 3 N–H and O–H groups in total. The highest BCUT2D eigenvalue weighted by Crippen LogP contribution is 2.34. The van der Waals surface area contributed by atoms with Crippen molar-refractivity contribution in [3.63, 3.8) is 0 Å². The van der Waals surface area contributed by atoms with Crippen LogP contribution >= 0.6 is 0 Å². The first-order chi connectivity index (χ1) is 7.89. The molecule has 0 aliphatic carbocycles. The molecule has 1 aromatic carbocycles. The van der Waals surface area contributed by atoms with E-state index in [4.69, 9.17) is 5.73 Å². The van der Waals surface area contributed by atoms with Crippen LogP contribution in [0.25, 0.3) is 0 Å². The lowest BCUT2D eigenvalue weighted by molar-refractivity contribution is -0.137. The molecule has 0 unspecified atom stereocenters. The van der Waals surface area contributed by atoms with Gasteiger partial charge in [0.15, 0.2) is 0 Å². The van der Waals surface area contributed by atoms with E-state index in [1.165, 1.54) is 11.0 Å². The summed E-state index contributed by atoms with van der Waals surface area (Å²) in [4.78, 5) is 12.7. The van der Waals surface area contributed by atoms with E-state index in [0.717, 1.165) is 12.1 Å². The summed E-state index contributed by atoms with van der Waals surface area (Å²) in [5.74, 6) is 0. The topological polar surface area (TPSA) is 58.4 Å². The third-order valence-corrected chi connectivity index (χ3v) is 2.50. The van der Waals surface area contributed by atoms with Crippen LogP contribution < -0.4 is 16.0 Å². The molecular formula is C10H10F3N3O. The van der Waals surface area contributed by atoms with E-state index < -0.39 is 11.7 Å². The van der Waals surface area contributed by atoms with Gasteiger partial charge in [0, 0.05) is 13.1 Å². The number of anilines is 2. The Morgan fingerprint density at radius 1 is 1.35 bits per heavy atom. The van der Waals surface area contributed by atoms with Crippen molar-refractivity contribution < 1.29 is 18.0 Å². The van der Waals surface area contributed by atoms with Crippen LogP contribution in [0.3, 0.4) is 0 Å². The molecular weight excluding hydrogens is 235 g/mol. The summed E-state index contributed by atoms with van der Waals surface area (Å²) in [7, 11) is 0. The zero-order valence-corrected chi connectivity index (χ0v) is 8.71. The summed E-state index contributed by atoms with van der Waals surface area (Å²) in [6.45, 7) is 0.855. The summed E-state index contributed by atoms with van der Waals surface area (Å²) >= 11 is 0. The largest absolute Gasteiger partial charge is 0.416 e. The van der Waals surface area contributed by atoms with E-state index in [2.05, 4.69) is 5.32 Å². The number of hydrogen-bond acceptors (Lipinski definition) is 2. The van der Waals surface area contributed by atoms with Crippen molar-refractivity contribution in [2.45, 2.75) is 6.18 Å². The summed E-state index contributed by atoms with van der Waals surface area (Å²) < 4.78 is 37.2. The Balaban J connectivity index is 2.35. The first kappa shape index (κ1) is 11.6. The van der Waals surface area contributed by atoms with Gasteiger partial charge < -0.3 is 11.1 Å². The van der Waals surface area contributed by atoms with Gasteiger partial charge in [-0.2, -0.15) is 13.2 Å². The van der Waals surface area contributed by atoms with E-state index in [1.54, 1.807) is 0 Å². The number of nitrogens with zero attached hydrogens (tertiary/aromatic N) is 1. The Morgan fingerprint density at radius 3 is 2.53 bits per heavy atom. The molecule has 1 aromatic rings. The second kappa shape index (κ2) is 3.83. The SMILES string of the molecule is Nc1cc(C(F)(F)F)ccc1N1CCNC1=O. The summed E-state index contributed by atoms with van der Waals surface area (Å²) in [5.41, 5.74) is 4.96. The van der Waals surface area contributed by atoms with Crippen LogP contribution in [0.15, 0.2) is 18.2 Å². The lowest BCUT2D eigenvalue weighted by Gasteiger charge is -2.17. The lowest BCUT2D eigenvalue weighted by atomic mass is 10.1. The fourth-order valence-corrected chi connectivity index (χ4v) is 1.68. The minimum atomic E-state index is -4.43. The number of nitrogen functional groups attached to an aromatic ring is 1. The number of nitrogens with one attached hydrogen (secondary N) is 1. The van der Waals surface area contributed by atoms with Crippen LogP contribution in [0.4, 0.5) is 29.3 Å². The number of hydrogen-bond donors (Lipinski definition) is 2. The zero-order chi connectivity index (χ0) is 12.6. The van der Waals surface area contributed by atoms with Gasteiger partial charge in [-0.3, -0.25) is 4.90 Å². The summed E-state index contributed by atoms with van der Waals surface area (Å²) in [5, 5.41) is 2.55. The molecule has 7 heteroatoms. The van der Waals surface area contributed by atoms with Crippen molar-refractivity contribution in [3.8, 4) is 0 Å². The maximum absolute atomic E-state index is 12.4. The molecule has 17 heavy (non-hydrogen) atoms. The molecule has 1 aliphatic rings. The molecule has 0 spiro atoms. The van der Waals surface area contributed by atoms with Crippen molar-refractivity contribution in [1.29, 1.82) is 0 Å². The number of benzene rings is 1. The molecule has 4 nitrogen and oxygen atoms in total. The first-order valence-corrected chi connectivity index (χ1v) is 4.91. The van der Waals surface area contributed by atoms with Crippen LogP contribution in [-0.2, 0) is 6.18 Å². The second-order valence-electron chi connectivity index (χ2n) is 3.65. The van der Waals surface area contributed by atoms with E-state index in [1.807, 2.05) is 0 Å². The molecule has 0 bridgehead atoms. The Morgan fingerprint density at radius 2 is 2.06 bits per heavy atom. The maximum Gasteiger partial charge on any atom is 0.416 e. The number of halogens is 3. The van der Waals surface area contributed by atoms with E-state index in [0.29, 0.717) is 18.8 Å². The standard InChI is InChI=1S/C10H10F3N3O/c11-10(12,13)6-1-2-8(7(14)5-6)16-4-3-15-9(16)17/h1-2,5H,3-4,14H2,(H,15,17). The molecule has 0 aromatic heterocycles. The Labute approximate surface area is 95.2 Å². The van der Waals surface area contributed by atoms with E-state index in [9.17, 15) is 18.0 Å². The van der Waals surface area contributed by atoms with Gasteiger partial charge in [0.25, 0.3) is 0 Å². The molecule has 1 heterocycles. The van der Waals surface area contributed by atoms with E-state index >= 15 is 0 Å². The molecule has 0 radical (unpaired) electrons. The third kappa shape index (κ3) is 2.13. The molecule has 0 atom stereocenters. The number of alkyl halides is 3. The number of urea groups is 1. The average molecular weight is 245 g/mol. The third-order valence-electron chi connectivity index (χ3n) is 2.50. The van der Waals surface area contributed by atoms with Crippen LogP contribution in [-0.4, -0.2) is 19.1 Å². The monoisotopic (exact) mass is 245 g/mol. The van der Waals surface area contributed by atoms with Crippen molar-refractivity contribution in [3.05, 3.63) is 23.8 Å². The Kier molecular flexibility index (Phi) is 2.60. The zero-order valence-electron chi connectivity index (χ0n) is 8.71. The van der Waals surface area contributed by atoms with Gasteiger partial charge in [-0.05, 0) is 18.2 Å². The first-order valence-electron chi connectivity index (χ1n) is 4.91. The minimum Gasteiger partial charge on any atom is -0.397 e. The average Bonchev–Trinajstić information content (AvgIpc) is 2.63. The number of carbonyl (C=O) groups excluding carboxylic acids is 1. The Hall–Kier alpha value is -1.92. The molecule has 1 saturated heterocycles. The smallest absolute Gasteiger partial charge is 0.397 e. The van der Waals surface area contributed by atoms with Gasteiger partial charge in [-0.1, -0.05) is 0 Å². The van der Waals surface area contributed by atoms with Crippen LogP contribution in [0.1, 0.15) is 5.56 Å². The number of carbonyl (C=O) groups is 1. The predicted octanol–water partition coefficient (Wildman–Crippen LogP) is 1.82. The van der Waals surface area contributed by atoms with Crippen LogP contribution in [0.5, 0.6) is 0 Å². The van der Waals surface area contributed by atoms with Crippen molar-refractivity contribution >= 4 is 17.4 Å². The highest BCUT2D eigenvalue weighted by Gasteiger charge is 2.32. The quantitative estimate of drug-likeness (QED) is 0.741. The fraction of sp³-hybridized carbons (Fsp3) is 0.300. The van der Waals surface area contributed by atoms with Gasteiger partial charge in [0.1, 0.15) is 0 Å². The van der Waals surface area contributed by atoms with Gasteiger partial charge in [0.2, 0.25) is 0 Å². The number of amides is 2. The van der Waals surface area contributed by atoms with Crippen molar-refractivity contribution in [1.82, 2.24) is 5.32 Å². The van der Waals surface area contributed by atoms with Gasteiger partial charge in [-0.25, -0.2) is 4.79 Å². The maximum atomic E-state index is 12.4. The lowest BCUT2D eigenvalue weighted by Crippen LogP contribution is -2.28. The molecule has 2 rings (SSSR count). The molecule has 1 aliphatic heterocycles. The Bertz CT molecular complexity index is 459. The summed E-state index contributed by atoms with van der Waals surface area (Å²) in [6.07, 6.45) is -4.43. The molecule has 2 amide bonds. The molecule has 1 fully saturated rings. The van der Waals surface area contributed by atoms with Crippen molar-refractivity contribution in [2.75, 3.05) is 23.7 Å².